The molecule has 0 unspecified atom stereocenters. The number of halogens is 1. The molecular weight excluding hydrogens is 284 g/mol. The summed E-state index contributed by atoms with van der Waals surface area (Å²) in [4.78, 5) is 0. The Kier molecular flexibility index (Phi) is 5.04. The summed E-state index contributed by atoms with van der Waals surface area (Å²) in [5.74, 6) is 0. The summed E-state index contributed by atoms with van der Waals surface area (Å²) < 4.78 is 0. The molecule has 0 saturated carbocycles. The first-order valence-corrected chi connectivity index (χ1v) is 7.43. The van der Waals surface area contributed by atoms with Gasteiger partial charge in [-0.1, -0.05) is 48.0 Å². The van der Waals surface area contributed by atoms with E-state index >= 15 is 0 Å². The molecule has 2 aromatic rings. The van der Waals surface area contributed by atoms with Gasteiger partial charge in [0.15, 0.2) is 0 Å². The van der Waals surface area contributed by atoms with E-state index in [-0.39, 0.29) is 13.2 Å². The van der Waals surface area contributed by atoms with Gasteiger partial charge in [0.2, 0.25) is 0 Å². The van der Waals surface area contributed by atoms with E-state index in [2.05, 4.69) is 26.0 Å². The van der Waals surface area contributed by atoms with Crippen LogP contribution >= 0.6 is 11.6 Å². The Morgan fingerprint density at radius 1 is 0.952 bits per heavy atom. The van der Waals surface area contributed by atoms with E-state index in [1.807, 2.05) is 24.3 Å². The van der Waals surface area contributed by atoms with Crippen LogP contribution in [0.4, 0.5) is 0 Å². The fourth-order valence-electron chi connectivity index (χ4n) is 2.62. The van der Waals surface area contributed by atoms with E-state index in [0.717, 1.165) is 11.1 Å². The number of benzene rings is 2. The second kappa shape index (κ2) is 6.61. The van der Waals surface area contributed by atoms with Gasteiger partial charge in [-0.3, -0.25) is 0 Å². The van der Waals surface area contributed by atoms with Gasteiger partial charge in [0.1, 0.15) is 0 Å². The molecule has 0 aliphatic carbocycles. The maximum atomic E-state index is 9.92. The van der Waals surface area contributed by atoms with Crippen molar-refractivity contribution in [1.29, 1.82) is 0 Å². The molecule has 112 valence electrons. The van der Waals surface area contributed by atoms with Gasteiger partial charge in [0.05, 0.1) is 13.2 Å². The molecule has 0 spiro atoms. The summed E-state index contributed by atoms with van der Waals surface area (Å²) >= 11 is 6.27. The zero-order valence-corrected chi connectivity index (χ0v) is 13.2. The summed E-state index contributed by atoms with van der Waals surface area (Å²) in [6.07, 6.45) is 0.546. The average Bonchev–Trinajstić information content (AvgIpc) is 2.49. The average molecular weight is 305 g/mol. The van der Waals surface area contributed by atoms with Gasteiger partial charge in [0, 0.05) is 10.4 Å². The molecular formula is C18H21ClO2. The van der Waals surface area contributed by atoms with Gasteiger partial charge in [-0.25, -0.2) is 0 Å². The van der Waals surface area contributed by atoms with Crippen LogP contribution in [-0.4, -0.2) is 23.4 Å². The second-order valence-electron chi connectivity index (χ2n) is 5.67. The van der Waals surface area contributed by atoms with Gasteiger partial charge in [0.25, 0.3) is 0 Å². The zero-order chi connectivity index (χ0) is 15.5. The van der Waals surface area contributed by atoms with Crippen molar-refractivity contribution in [3.8, 4) is 0 Å². The maximum Gasteiger partial charge on any atom is 0.0553 e. The standard InChI is InChI=1S/C18H21ClO2/c1-13-7-8-15(9-14(13)2)10-18(11-20,12-21)16-5-3-4-6-17(16)19/h3-9,20-21H,10-12H2,1-2H3. The molecule has 0 aromatic heterocycles. The molecule has 0 amide bonds. The van der Waals surface area contributed by atoms with E-state index in [1.54, 1.807) is 6.07 Å². The molecule has 0 saturated heterocycles. The first-order chi connectivity index (χ1) is 10.0. The Morgan fingerprint density at radius 2 is 1.62 bits per heavy atom. The lowest BCUT2D eigenvalue weighted by Gasteiger charge is -2.31. The molecule has 2 rings (SSSR count). The highest BCUT2D eigenvalue weighted by Gasteiger charge is 2.33. The first kappa shape index (κ1) is 16.0. The smallest absolute Gasteiger partial charge is 0.0553 e. The minimum atomic E-state index is -0.764. The highest BCUT2D eigenvalue weighted by Crippen LogP contribution is 2.33. The third kappa shape index (κ3) is 3.29. The molecule has 0 radical (unpaired) electrons. The number of aliphatic hydroxyl groups is 2. The topological polar surface area (TPSA) is 40.5 Å². The van der Waals surface area contributed by atoms with Crippen LogP contribution in [0.5, 0.6) is 0 Å². The minimum Gasteiger partial charge on any atom is -0.395 e. The first-order valence-electron chi connectivity index (χ1n) is 7.05. The SMILES string of the molecule is Cc1ccc(CC(CO)(CO)c2ccccc2Cl)cc1C. The van der Waals surface area contributed by atoms with Gasteiger partial charge in [-0.2, -0.15) is 0 Å². The molecule has 2 nitrogen and oxygen atoms in total. The molecule has 2 aromatic carbocycles. The molecule has 3 heteroatoms. The van der Waals surface area contributed by atoms with Crippen LogP contribution < -0.4 is 0 Å². The van der Waals surface area contributed by atoms with Crippen LogP contribution in [0.3, 0.4) is 0 Å². The lowest BCUT2D eigenvalue weighted by atomic mass is 9.76. The van der Waals surface area contributed by atoms with E-state index in [0.29, 0.717) is 11.4 Å². The van der Waals surface area contributed by atoms with E-state index in [4.69, 9.17) is 11.6 Å². The summed E-state index contributed by atoms with van der Waals surface area (Å²) in [6.45, 7) is 3.83. The van der Waals surface area contributed by atoms with Gasteiger partial charge in [-0.05, 0) is 48.6 Å². The number of hydrogen-bond donors (Lipinski definition) is 2. The highest BCUT2D eigenvalue weighted by molar-refractivity contribution is 6.31. The van der Waals surface area contributed by atoms with Crippen LogP contribution in [0.2, 0.25) is 5.02 Å². The Hall–Kier alpha value is -1.35. The number of hydrogen-bond acceptors (Lipinski definition) is 2. The van der Waals surface area contributed by atoms with Crippen molar-refractivity contribution in [3.05, 3.63) is 69.7 Å². The molecule has 0 aliphatic rings. The predicted molar refractivity (Wildman–Crippen MR) is 86.9 cm³/mol. The van der Waals surface area contributed by atoms with Crippen LogP contribution in [0.1, 0.15) is 22.3 Å². The minimum absolute atomic E-state index is 0.153. The van der Waals surface area contributed by atoms with Crippen LogP contribution in [-0.2, 0) is 11.8 Å². The molecule has 21 heavy (non-hydrogen) atoms. The largest absolute Gasteiger partial charge is 0.395 e. The van der Waals surface area contributed by atoms with E-state index in [1.165, 1.54) is 11.1 Å². The van der Waals surface area contributed by atoms with E-state index in [9.17, 15) is 10.2 Å². The Balaban J connectivity index is 2.43. The molecule has 0 bridgehead atoms. The molecule has 0 aliphatic heterocycles. The van der Waals surface area contributed by atoms with Crippen molar-refractivity contribution < 1.29 is 10.2 Å². The van der Waals surface area contributed by atoms with Gasteiger partial charge < -0.3 is 10.2 Å². The maximum absolute atomic E-state index is 9.92. The Morgan fingerprint density at radius 3 is 2.19 bits per heavy atom. The molecule has 0 heterocycles. The van der Waals surface area contributed by atoms with Gasteiger partial charge in [-0.15, -0.1) is 0 Å². The van der Waals surface area contributed by atoms with E-state index < -0.39 is 5.41 Å². The lowest BCUT2D eigenvalue weighted by Crippen LogP contribution is -2.37. The number of aryl methyl sites for hydroxylation is 2. The fraction of sp³-hybridized carbons (Fsp3) is 0.333. The summed E-state index contributed by atoms with van der Waals surface area (Å²) in [7, 11) is 0. The second-order valence-corrected chi connectivity index (χ2v) is 6.08. The normalized spacial score (nSPS) is 11.7. The summed E-state index contributed by atoms with van der Waals surface area (Å²) in [6, 6.07) is 13.6. The third-order valence-electron chi connectivity index (χ3n) is 4.16. The monoisotopic (exact) mass is 304 g/mol. The van der Waals surface area contributed by atoms with Crippen LogP contribution in [0, 0.1) is 13.8 Å². The van der Waals surface area contributed by atoms with Crippen LogP contribution in [0.25, 0.3) is 0 Å². The molecule has 0 atom stereocenters. The zero-order valence-electron chi connectivity index (χ0n) is 12.4. The third-order valence-corrected chi connectivity index (χ3v) is 4.49. The van der Waals surface area contributed by atoms with Crippen molar-refractivity contribution >= 4 is 11.6 Å². The highest BCUT2D eigenvalue weighted by atomic mass is 35.5. The molecule has 2 N–H and O–H groups in total. The lowest BCUT2D eigenvalue weighted by molar-refractivity contribution is 0.116. The van der Waals surface area contributed by atoms with Crippen LogP contribution in [0.15, 0.2) is 42.5 Å². The fourth-order valence-corrected chi connectivity index (χ4v) is 2.96. The quantitative estimate of drug-likeness (QED) is 0.888. The van der Waals surface area contributed by atoms with Crippen molar-refractivity contribution in [2.75, 3.05) is 13.2 Å². The Bertz CT molecular complexity index is 618. The van der Waals surface area contributed by atoms with Crippen molar-refractivity contribution in [3.63, 3.8) is 0 Å². The van der Waals surface area contributed by atoms with Crippen molar-refractivity contribution in [2.45, 2.75) is 25.7 Å². The number of aliphatic hydroxyl groups excluding tert-OH is 2. The number of rotatable bonds is 5. The summed E-state index contributed by atoms with van der Waals surface area (Å²) in [5, 5.41) is 20.4. The molecule has 0 fully saturated rings. The van der Waals surface area contributed by atoms with Gasteiger partial charge >= 0.3 is 0 Å². The predicted octanol–water partition coefficient (Wildman–Crippen LogP) is 3.42. The van der Waals surface area contributed by atoms with Crippen molar-refractivity contribution in [2.24, 2.45) is 0 Å². The Labute approximate surface area is 131 Å². The van der Waals surface area contributed by atoms with Crippen molar-refractivity contribution in [1.82, 2.24) is 0 Å². The summed E-state index contributed by atoms with van der Waals surface area (Å²) in [5.41, 5.74) is 3.54.